The third-order valence-corrected chi connectivity index (χ3v) is 11.4. The molecule has 0 saturated carbocycles. The highest BCUT2D eigenvalue weighted by molar-refractivity contribution is 7.10. The number of nitrogens with zero attached hydrogens (tertiary/aromatic N) is 2. The lowest BCUT2D eigenvalue weighted by atomic mass is 9.87. The summed E-state index contributed by atoms with van der Waals surface area (Å²) in [6, 6.07) is 16.6. The number of aryl methyl sites for hydroxylation is 1. The van der Waals surface area contributed by atoms with Gasteiger partial charge < -0.3 is 9.80 Å². The Bertz CT molecular complexity index is 1150. The lowest BCUT2D eigenvalue weighted by Gasteiger charge is -2.40. The van der Waals surface area contributed by atoms with E-state index in [1.54, 1.807) is 10.4 Å². The van der Waals surface area contributed by atoms with Crippen molar-refractivity contribution in [1.82, 2.24) is 0 Å². The van der Waals surface area contributed by atoms with Crippen LogP contribution in [0.2, 0.25) is 13.1 Å². The third-order valence-electron chi connectivity index (χ3n) is 6.79. The Hall–Kier alpha value is -2.56. The first-order valence-electron chi connectivity index (χ1n) is 11.3. The highest BCUT2D eigenvalue weighted by Gasteiger charge is 2.40. The van der Waals surface area contributed by atoms with Crippen molar-refractivity contribution in [2.75, 3.05) is 37.0 Å². The molecule has 1 aromatic heterocycles. The van der Waals surface area contributed by atoms with E-state index in [9.17, 15) is 0 Å². The Morgan fingerprint density at radius 1 is 0.906 bits per heavy atom. The van der Waals surface area contributed by atoms with Crippen LogP contribution in [0.4, 0.5) is 11.4 Å². The third kappa shape index (κ3) is 3.76. The van der Waals surface area contributed by atoms with Crippen LogP contribution in [0, 0.1) is 6.92 Å². The van der Waals surface area contributed by atoms with Gasteiger partial charge in [0.2, 0.25) is 0 Å². The Kier molecular flexibility index (Phi) is 6.19. The second-order valence-corrected chi connectivity index (χ2v) is 14.7. The summed E-state index contributed by atoms with van der Waals surface area (Å²) in [6.45, 7) is 16.8. The average Bonchev–Trinajstić information content (AvgIpc) is 3.19. The Labute approximate surface area is 198 Å². The molecule has 4 heteroatoms. The first-order valence-corrected chi connectivity index (χ1v) is 15.1. The van der Waals surface area contributed by atoms with Crippen LogP contribution in [0.25, 0.3) is 0 Å². The molecule has 2 nitrogen and oxygen atoms in total. The van der Waals surface area contributed by atoms with Crippen molar-refractivity contribution in [1.29, 1.82) is 0 Å². The van der Waals surface area contributed by atoms with Crippen LogP contribution in [0.1, 0.15) is 27.5 Å². The molecule has 0 fully saturated rings. The number of rotatable bonds is 7. The SMILES string of the molecule is C=CCN(CC=C)c1ccc2c(c1)[Si](C)(C)c1cc(N(C)C)ccc1C2c1sccc1C. The van der Waals surface area contributed by atoms with Crippen molar-refractivity contribution in [3.05, 3.63) is 94.7 Å². The molecule has 0 aliphatic carbocycles. The van der Waals surface area contributed by atoms with Crippen molar-refractivity contribution in [2.45, 2.75) is 25.9 Å². The van der Waals surface area contributed by atoms with Crippen LogP contribution >= 0.6 is 11.3 Å². The minimum absolute atomic E-state index is 0.304. The molecule has 0 radical (unpaired) electrons. The number of hydrogen-bond acceptors (Lipinski definition) is 3. The second kappa shape index (κ2) is 8.76. The van der Waals surface area contributed by atoms with Crippen molar-refractivity contribution in [2.24, 2.45) is 0 Å². The maximum atomic E-state index is 3.97. The van der Waals surface area contributed by atoms with Crippen LogP contribution in [-0.2, 0) is 0 Å². The number of fused-ring (bicyclic) bond motifs is 2. The van der Waals surface area contributed by atoms with Gasteiger partial charge in [-0.1, -0.05) is 37.4 Å². The van der Waals surface area contributed by atoms with Crippen LogP contribution in [0.5, 0.6) is 0 Å². The summed E-state index contributed by atoms with van der Waals surface area (Å²) in [7, 11) is 2.36. The number of anilines is 2. The Morgan fingerprint density at radius 3 is 1.97 bits per heavy atom. The summed E-state index contributed by atoms with van der Waals surface area (Å²) >= 11 is 1.89. The summed E-state index contributed by atoms with van der Waals surface area (Å²) < 4.78 is 0. The topological polar surface area (TPSA) is 6.48 Å². The standard InChI is InChI=1S/C28H34N2SSi/c1-8-15-30(16-9-2)22-11-13-24-26(19-22)32(6,7)25-18-21(29(4)5)10-12-23(25)27(24)28-20(3)14-17-31-28/h8-14,17-19,27H,1-2,15-16H2,3-7H3. The number of benzene rings is 2. The number of thiophene rings is 1. The van der Waals surface area contributed by atoms with Gasteiger partial charge in [-0.25, -0.2) is 0 Å². The molecule has 0 bridgehead atoms. The van der Waals surface area contributed by atoms with E-state index >= 15 is 0 Å². The van der Waals surface area contributed by atoms with Crippen molar-refractivity contribution in [3.63, 3.8) is 0 Å². The van der Waals surface area contributed by atoms with E-state index in [1.165, 1.54) is 32.9 Å². The summed E-state index contributed by atoms with van der Waals surface area (Å²) in [5, 5.41) is 5.35. The van der Waals surface area contributed by atoms with E-state index in [4.69, 9.17) is 0 Å². The lowest BCUT2D eigenvalue weighted by Crippen LogP contribution is -2.59. The maximum Gasteiger partial charge on any atom is 0.113 e. The van der Waals surface area contributed by atoms with Gasteiger partial charge >= 0.3 is 0 Å². The molecule has 166 valence electrons. The summed E-state index contributed by atoms with van der Waals surface area (Å²) in [5.74, 6) is 0.304. The minimum Gasteiger partial charge on any atom is -0.378 e. The van der Waals surface area contributed by atoms with E-state index in [-0.39, 0.29) is 0 Å². The summed E-state index contributed by atoms with van der Waals surface area (Å²) in [4.78, 5) is 6.04. The van der Waals surface area contributed by atoms with Gasteiger partial charge in [0.25, 0.3) is 0 Å². The van der Waals surface area contributed by atoms with E-state index in [1.807, 2.05) is 23.5 Å². The van der Waals surface area contributed by atoms with Crippen LogP contribution in [0.3, 0.4) is 0 Å². The maximum absolute atomic E-state index is 3.97. The first-order chi connectivity index (χ1) is 15.3. The zero-order valence-electron chi connectivity index (χ0n) is 20.0. The van der Waals surface area contributed by atoms with Crippen molar-refractivity contribution < 1.29 is 0 Å². The van der Waals surface area contributed by atoms with E-state index in [2.05, 4.69) is 105 Å². The molecule has 1 aliphatic rings. The lowest BCUT2D eigenvalue weighted by molar-refractivity contribution is 0.950. The first kappa shape index (κ1) is 22.6. The predicted molar refractivity (Wildman–Crippen MR) is 147 cm³/mol. The molecular formula is C28H34N2SSi. The molecule has 1 unspecified atom stereocenters. The molecule has 0 amide bonds. The van der Waals surface area contributed by atoms with Crippen LogP contribution in [0.15, 0.2) is 73.2 Å². The van der Waals surface area contributed by atoms with Crippen molar-refractivity contribution in [3.8, 4) is 0 Å². The molecular weight excluding hydrogens is 424 g/mol. The quantitative estimate of drug-likeness (QED) is 0.335. The number of hydrogen-bond donors (Lipinski definition) is 0. The summed E-state index contributed by atoms with van der Waals surface area (Å²) in [5.41, 5.74) is 6.91. The zero-order chi connectivity index (χ0) is 23.0. The molecule has 2 aromatic carbocycles. The van der Waals surface area contributed by atoms with Crippen LogP contribution < -0.4 is 20.2 Å². The van der Waals surface area contributed by atoms with E-state index in [0.717, 1.165) is 13.1 Å². The van der Waals surface area contributed by atoms with Gasteiger partial charge in [0.1, 0.15) is 8.07 Å². The molecule has 3 aromatic rings. The minimum atomic E-state index is -1.90. The smallest absolute Gasteiger partial charge is 0.113 e. The van der Waals surface area contributed by atoms with Gasteiger partial charge in [-0.2, -0.15) is 0 Å². The molecule has 1 aliphatic heterocycles. The molecule has 4 rings (SSSR count). The Morgan fingerprint density at radius 2 is 1.47 bits per heavy atom. The fraction of sp³-hybridized carbons (Fsp3) is 0.286. The monoisotopic (exact) mass is 458 g/mol. The van der Waals surface area contributed by atoms with E-state index < -0.39 is 8.07 Å². The second-order valence-electron chi connectivity index (χ2n) is 9.45. The average molecular weight is 459 g/mol. The van der Waals surface area contributed by atoms with Crippen molar-refractivity contribution >= 4 is 41.2 Å². The highest BCUT2D eigenvalue weighted by atomic mass is 32.1. The molecule has 32 heavy (non-hydrogen) atoms. The normalized spacial score (nSPS) is 16.1. The van der Waals surface area contributed by atoms with Crippen LogP contribution in [-0.4, -0.2) is 35.3 Å². The largest absolute Gasteiger partial charge is 0.378 e. The van der Waals surface area contributed by atoms with Gasteiger partial charge in [0.05, 0.1) is 0 Å². The predicted octanol–water partition coefficient (Wildman–Crippen LogP) is 5.62. The van der Waals surface area contributed by atoms with Gasteiger partial charge in [0.15, 0.2) is 0 Å². The molecule has 0 N–H and O–H groups in total. The fourth-order valence-electron chi connectivity index (χ4n) is 5.02. The molecule has 2 heterocycles. The highest BCUT2D eigenvalue weighted by Crippen LogP contribution is 2.41. The van der Waals surface area contributed by atoms with E-state index in [0.29, 0.717) is 5.92 Å². The fourth-order valence-corrected chi connectivity index (χ4v) is 9.29. The zero-order valence-corrected chi connectivity index (χ0v) is 21.8. The molecule has 1 atom stereocenters. The summed E-state index contributed by atoms with van der Waals surface area (Å²) in [6.07, 6.45) is 3.95. The molecule has 0 saturated heterocycles. The van der Waals surface area contributed by atoms with Gasteiger partial charge in [-0.05, 0) is 69.7 Å². The molecule has 0 spiro atoms. The van der Waals surface area contributed by atoms with Gasteiger partial charge in [-0.15, -0.1) is 24.5 Å². The van der Waals surface area contributed by atoms with Gasteiger partial charge in [0, 0.05) is 49.4 Å². The Balaban J connectivity index is 1.97. The van der Waals surface area contributed by atoms with Gasteiger partial charge in [-0.3, -0.25) is 0 Å².